The first kappa shape index (κ1) is 26.5. The van der Waals surface area contributed by atoms with Crippen molar-refractivity contribution in [2.75, 3.05) is 11.9 Å². The SMILES string of the molecule is CC(C)(C)C1C(C(=O)Nc2ccc(OCc3cc(Cl)nc(Cl)c3)cc2)C(C(=O)NO)CN1C(=O)O. The molecule has 3 rings (SSSR count). The van der Waals surface area contributed by atoms with Crippen LogP contribution in [0.1, 0.15) is 26.3 Å². The first-order chi connectivity index (χ1) is 16.4. The Morgan fingerprint density at radius 1 is 1.11 bits per heavy atom. The zero-order valence-corrected chi connectivity index (χ0v) is 20.8. The van der Waals surface area contributed by atoms with Crippen LogP contribution in [0.3, 0.4) is 0 Å². The zero-order valence-electron chi connectivity index (χ0n) is 19.3. The van der Waals surface area contributed by atoms with Gasteiger partial charge in [-0.15, -0.1) is 0 Å². The number of rotatable bonds is 6. The fraction of sp³-hybridized carbons (Fsp3) is 0.391. The van der Waals surface area contributed by atoms with Crippen molar-refractivity contribution in [2.24, 2.45) is 17.3 Å². The van der Waals surface area contributed by atoms with E-state index < -0.39 is 41.2 Å². The number of hydroxylamine groups is 1. The molecule has 1 aromatic carbocycles. The van der Waals surface area contributed by atoms with Gasteiger partial charge in [0, 0.05) is 12.2 Å². The van der Waals surface area contributed by atoms with Crippen LogP contribution in [0.2, 0.25) is 10.3 Å². The molecule has 10 nitrogen and oxygen atoms in total. The van der Waals surface area contributed by atoms with Crippen LogP contribution < -0.4 is 15.5 Å². The summed E-state index contributed by atoms with van der Waals surface area (Å²) in [6, 6.07) is 9.02. The van der Waals surface area contributed by atoms with Crippen LogP contribution in [0.4, 0.5) is 10.5 Å². The summed E-state index contributed by atoms with van der Waals surface area (Å²) >= 11 is 11.8. The van der Waals surface area contributed by atoms with Gasteiger partial charge in [-0.1, -0.05) is 44.0 Å². The van der Waals surface area contributed by atoms with Crippen molar-refractivity contribution in [1.29, 1.82) is 0 Å². The van der Waals surface area contributed by atoms with Crippen LogP contribution in [0.15, 0.2) is 36.4 Å². The molecule has 2 heterocycles. The van der Waals surface area contributed by atoms with E-state index in [0.717, 1.165) is 10.5 Å². The maximum absolute atomic E-state index is 13.3. The average molecular weight is 525 g/mol. The third-order valence-electron chi connectivity index (χ3n) is 5.74. The Hall–Kier alpha value is -3.08. The van der Waals surface area contributed by atoms with Crippen molar-refractivity contribution < 1.29 is 29.4 Å². The number of hydrogen-bond acceptors (Lipinski definition) is 6. The molecule has 4 N–H and O–H groups in total. The van der Waals surface area contributed by atoms with E-state index in [0.29, 0.717) is 11.4 Å². The summed E-state index contributed by atoms with van der Waals surface area (Å²) in [5, 5.41) is 22.1. The fourth-order valence-corrected chi connectivity index (χ4v) is 4.84. The number of nitrogens with zero attached hydrogens (tertiary/aromatic N) is 2. The van der Waals surface area contributed by atoms with Gasteiger partial charge in [0.05, 0.1) is 17.9 Å². The van der Waals surface area contributed by atoms with E-state index in [9.17, 15) is 19.5 Å². The second-order valence-electron chi connectivity index (χ2n) is 9.28. The molecule has 1 fully saturated rings. The largest absolute Gasteiger partial charge is 0.489 e. The van der Waals surface area contributed by atoms with Gasteiger partial charge < -0.3 is 20.1 Å². The molecule has 1 saturated heterocycles. The molecule has 1 aliphatic rings. The lowest BCUT2D eigenvalue weighted by Crippen LogP contribution is -2.49. The van der Waals surface area contributed by atoms with E-state index >= 15 is 0 Å². The number of hydrogen-bond donors (Lipinski definition) is 4. The molecular weight excluding hydrogens is 499 g/mol. The lowest BCUT2D eigenvalue weighted by atomic mass is 9.76. The van der Waals surface area contributed by atoms with Crippen LogP contribution in [0.5, 0.6) is 5.75 Å². The predicted molar refractivity (Wildman–Crippen MR) is 129 cm³/mol. The number of likely N-dealkylation sites (tertiary alicyclic amines) is 1. The molecule has 12 heteroatoms. The molecule has 0 bridgehead atoms. The summed E-state index contributed by atoms with van der Waals surface area (Å²) in [7, 11) is 0. The number of halogens is 2. The quantitative estimate of drug-likeness (QED) is 0.253. The number of carbonyl (C=O) groups excluding carboxylic acids is 2. The highest BCUT2D eigenvalue weighted by atomic mass is 35.5. The standard InChI is InChI=1S/C23H26Cl2N4O6/c1-23(2,3)19-18(15(20(30)28-34)10-29(19)22(32)33)21(31)26-13-4-6-14(7-5-13)35-11-12-8-16(24)27-17(25)9-12/h4-9,15,18-19,34H,10-11H2,1-3H3,(H,26,31)(H,28,30)(H,32,33). The van der Waals surface area contributed by atoms with Gasteiger partial charge in [0.25, 0.3) is 0 Å². The number of nitrogens with one attached hydrogen (secondary N) is 2. The summed E-state index contributed by atoms with van der Waals surface area (Å²) < 4.78 is 5.72. The number of amides is 3. The topological polar surface area (TPSA) is 141 Å². The molecule has 35 heavy (non-hydrogen) atoms. The number of pyridine rings is 1. The summed E-state index contributed by atoms with van der Waals surface area (Å²) in [5.41, 5.74) is 2.07. The van der Waals surface area contributed by atoms with Gasteiger partial charge in [-0.25, -0.2) is 15.3 Å². The van der Waals surface area contributed by atoms with E-state index in [1.165, 1.54) is 0 Å². The van der Waals surface area contributed by atoms with Crippen LogP contribution in [0.25, 0.3) is 0 Å². The Labute approximate surface area is 212 Å². The first-order valence-corrected chi connectivity index (χ1v) is 11.5. The Bertz CT molecular complexity index is 1090. The van der Waals surface area contributed by atoms with Crippen LogP contribution in [0, 0.1) is 17.3 Å². The highest BCUT2D eigenvalue weighted by Gasteiger charge is 2.54. The van der Waals surface area contributed by atoms with E-state index in [-0.39, 0.29) is 23.5 Å². The van der Waals surface area contributed by atoms with Crippen molar-refractivity contribution in [3.63, 3.8) is 0 Å². The van der Waals surface area contributed by atoms with Gasteiger partial charge in [-0.2, -0.15) is 0 Å². The summed E-state index contributed by atoms with van der Waals surface area (Å²) in [6.45, 7) is 5.37. The van der Waals surface area contributed by atoms with Gasteiger partial charge >= 0.3 is 6.09 Å². The summed E-state index contributed by atoms with van der Waals surface area (Å²) in [5.74, 6) is -2.90. The second kappa shape index (κ2) is 10.7. The Morgan fingerprint density at radius 3 is 2.23 bits per heavy atom. The Morgan fingerprint density at radius 2 is 1.71 bits per heavy atom. The Kier molecular flexibility index (Phi) is 8.09. The second-order valence-corrected chi connectivity index (χ2v) is 10.1. The van der Waals surface area contributed by atoms with Crippen molar-refractivity contribution in [2.45, 2.75) is 33.4 Å². The highest BCUT2D eigenvalue weighted by Crippen LogP contribution is 2.41. The zero-order chi connectivity index (χ0) is 25.9. The van der Waals surface area contributed by atoms with E-state index in [1.807, 2.05) is 0 Å². The van der Waals surface area contributed by atoms with Crippen molar-refractivity contribution in [3.8, 4) is 5.75 Å². The molecule has 2 aromatic rings. The van der Waals surface area contributed by atoms with E-state index in [1.54, 1.807) is 62.6 Å². The van der Waals surface area contributed by atoms with Gasteiger partial charge in [0.15, 0.2) is 0 Å². The van der Waals surface area contributed by atoms with E-state index in [2.05, 4.69) is 10.3 Å². The minimum atomic E-state index is -1.24. The van der Waals surface area contributed by atoms with Crippen LogP contribution in [-0.2, 0) is 16.2 Å². The van der Waals surface area contributed by atoms with Gasteiger partial charge in [-0.05, 0) is 47.4 Å². The number of carboxylic acid groups (broad SMARTS) is 1. The van der Waals surface area contributed by atoms with Crippen molar-refractivity contribution >= 4 is 46.8 Å². The number of anilines is 1. The summed E-state index contributed by atoms with van der Waals surface area (Å²) in [4.78, 5) is 42.4. The molecule has 1 aliphatic heterocycles. The summed E-state index contributed by atoms with van der Waals surface area (Å²) in [6.07, 6.45) is -1.24. The van der Waals surface area contributed by atoms with Crippen LogP contribution in [-0.4, -0.2) is 50.7 Å². The normalized spacial score (nSPS) is 19.8. The fourth-order valence-electron chi connectivity index (χ4n) is 4.34. The molecular formula is C23H26Cl2N4O6. The smallest absolute Gasteiger partial charge is 0.407 e. The van der Waals surface area contributed by atoms with Crippen molar-refractivity contribution in [1.82, 2.24) is 15.4 Å². The third-order valence-corrected chi connectivity index (χ3v) is 6.12. The molecule has 0 spiro atoms. The van der Waals surface area contributed by atoms with Gasteiger partial charge in [-0.3, -0.25) is 14.8 Å². The molecule has 0 saturated carbocycles. The predicted octanol–water partition coefficient (Wildman–Crippen LogP) is 4.05. The number of benzene rings is 1. The molecule has 3 atom stereocenters. The van der Waals surface area contributed by atoms with Gasteiger partial charge in [0.1, 0.15) is 22.7 Å². The monoisotopic (exact) mass is 524 g/mol. The maximum Gasteiger partial charge on any atom is 0.407 e. The van der Waals surface area contributed by atoms with Gasteiger partial charge in [0.2, 0.25) is 11.8 Å². The number of ether oxygens (including phenoxy) is 1. The van der Waals surface area contributed by atoms with E-state index in [4.69, 9.17) is 33.1 Å². The number of carbonyl (C=O) groups is 3. The minimum absolute atomic E-state index is 0.200. The minimum Gasteiger partial charge on any atom is -0.489 e. The Balaban J connectivity index is 1.74. The highest BCUT2D eigenvalue weighted by molar-refractivity contribution is 6.32. The van der Waals surface area contributed by atoms with Crippen LogP contribution >= 0.6 is 23.2 Å². The molecule has 0 radical (unpaired) electrons. The number of aromatic nitrogens is 1. The lowest BCUT2D eigenvalue weighted by molar-refractivity contribution is -0.137. The molecule has 0 aliphatic carbocycles. The maximum atomic E-state index is 13.3. The lowest BCUT2D eigenvalue weighted by Gasteiger charge is -2.36. The van der Waals surface area contributed by atoms with Crippen molar-refractivity contribution in [3.05, 3.63) is 52.3 Å². The molecule has 3 unspecified atom stereocenters. The average Bonchev–Trinajstić information content (AvgIpc) is 3.19. The first-order valence-electron chi connectivity index (χ1n) is 10.7. The third kappa shape index (κ3) is 6.33. The molecule has 3 amide bonds. The molecule has 1 aromatic heterocycles. The molecule has 188 valence electrons.